The number of thiophene rings is 1. The van der Waals surface area contributed by atoms with E-state index in [1.54, 1.807) is 24.6 Å². The lowest BCUT2D eigenvalue weighted by Crippen LogP contribution is -2.25. The van der Waals surface area contributed by atoms with Gasteiger partial charge in [-0.15, -0.1) is 0 Å². The van der Waals surface area contributed by atoms with Crippen molar-refractivity contribution in [3.8, 4) is 11.4 Å². The van der Waals surface area contributed by atoms with E-state index in [1.807, 2.05) is 45.7 Å². The molecule has 132 valence electrons. The van der Waals surface area contributed by atoms with Crippen molar-refractivity contribution in [2.24, 2.45) is 0 Å². The number of amides is 1. The van der Waals surface area contributed by atoms with Gasteiger partial charge in [0.1, 0.15) is 11.3 Å². The second-order valence-corrected chi connectivity index (χ2v) is 6.82. The highest BCUT2D eigenvalue weighted by atomic mass is 32.1. The summed E-state index contributed by atoms with van der Waals surface area (Å²) in [5.74, 6) is -0.723. The van der Waals surface area contributed by atoms with Gasteiger partial charge < -0.3 is 19.7 Å². The van der Waals surface area contributed by atoms with Crippen LogP contribution in [0.2, 0.25) is 0 Å². The zero-order valence-corrected chi connectivity index (χ0v) is 14.7. The van der Waals surface area contributed by atoms with Gasteiger partial charge in [-0.05, 0) is 46.7 Å². The Kier molecular flexibility index (Phi) is 4.00. The molecule has 26 heavy (non-hydrogen) atoms. The fourth-order valence-electron chi connectivity index (χ4n) is 3.34. The topological polar surface area (TPSA) is 80.6 Å². The van der Waals surface area contributed by atoms with E-state index in [2.05, 4.69) is 5.32 Å². The Morgan fingerprint density at radius 2 is 2.08 bits per heavy atom. The van der Waals surface area contributed by atoms with Crippen LogP contribution < -0.4 is 10.1 Å². The van der Waals surface area contributed by atoms with Crippen molar-refractivity contribution in [2.75, 3.05) is 12.4 Å². The number of aromatic carboxylic acids is 1. The van der Waals surface area contributed by atoms with E-state index < -0.39 is 5.97 Å². The summed E-state index contributed by atoms with van der Waals surface area (Å²) in [4.78, 5) is 23.9. The van der Waals surface area contributed by atoms with Gasteiger partial charge in [-0.2, -0.15) is 11.3 Å². The molecule has 0 radical (unpaired) electrons. The first-order valence-corrected chi connectivity index (χ1v) is 8.97. The third-order valence-electron chi connectivity index (χ3n) is 4.55. The largest absolute Gasteiger partial charge is 0.497 e. The molecule has 4 rings (SSSR count). The number of benzene rings is 1. The lowest BCUT2D eigenvalue weighted by molar-refractivity contribution is -0.116. The van der Waals surface area contributed by atoms with Crippen LogP contribution in [-0.4, -0.2) is 28.7 Å². The predicted octanol–water partition coefficient (Wildman–Crippen LogP) is 3.72. The zero-order valence-electron chi connectivity index (χ0n) is 13.9. The predicted molar refractivity (Wildman–Crippen MR) is 98.7 cm³/mol. The van der Waals surface area contributed by atoms with Crippen molar-refractivity contribution in [1.29, 1.82) is 0 Å². The third-order valence-corrected chi connectivity index (χ3v) is 5.26. The van der Waals surface area contributed by atoms with E-state index in [0.29, 0.717) is 5.69 Å². The van der Waals surface area contributed by atoms with E-state index in [1.165, 1.54) is 0 Å². The summed E-state index contributed by atoms with van der Waals surface area (Å²) in [6, 6.07) is 9.35. The third kappa shape index (κ3) is 2.66. The molecule has 0 saturated carbocycles. The Morgan fingerprint density at radius 3 is 2.69 bits per heavy atom. The van der Waals surface area contributed by atoms with Crippen LogP contribution in [0.4, 0.5) is 5.69 Å². The maximum atomic E-state index is 12.2. The minimum absolute atomic E-state index is 0.0871. The highest BCUT2D eigenvalue weighted by Crippen LogP contribution is 2.42. The number of ether oxygens (including phenoxy) is 1. The van der Waals surface area contributed by atoms with Gasteiger partial charge in [0.15, 0.2) is 0 Å². The molecule has 0 fully saturated rings. The van der Waals surface area contributed by atoms with E-state index >= 15 is 0 Å². The summed E-state index contributed by atoms with van der Waals surface area (Å²) in [6.07, 6.45) is 1.85. The molecular weight excluding hydrogens is 352 g/mol. The molecule has 0 bridgehead atoms. The fraction of sp³-hybridized carbons (Fsp3) is 0.158. The quantitative estimate of drug-likeness (QED) is 0.735. The van der Waals surface area contributed by atoms with Crippen LogP contribution in [0.15, 0.2) is 47.3 Å². The first-order chi connectivity index (χ1) is 12.6. The van der Waals surface area contributed by atoms with Crippen molar-refractivity contribution in [3.05, 3.63) is 64.1 Å². The number of fused-ring (bicyclic) bond motifs is 1. The van der Waals surface area contributed by atoms with Crippen LogP contribution in [0.3, 0.4) is 0 Å². The van der Waals surface area contributed by atoms with Gasteiger partial charge in [0.2, 0.25) is 5.91 Å². The van der Waals surface area contributed by atoms with Crippen LogP contribution in [0, 0.1) is 0 Å². The number of carbonyl (C=O) groups is 2. The highest BCUT2D eigenvalue weighted by Gasteiger charge is 2.34. The highest BCUT2D eigenvalue weighted by molar-refractivity contribution is 7.08. The number of anilines is 1. The van der Waals surface area contributed by atoms with Crippen molar-refractivity contribution in [1.82, 2.24) is 4.57 Å². The summed E-state index contributed by atoms with van der Waals surface area (Å²) >= 11 is 1.56. The molecule has 0 aliphatic carbocycles. The molecule has 1 aliphatic rings. The number of carbonyl (C=O) groups excluding carboxylic acids is 1. The molecule has 7 heteroatoms. The van der Waals surface area contributed by atoms with Crippen LogP contribution in [-0.2, 0) is 4.79 Å². The Balaban J connectivity index is 1.93. The first-order valence-electron chi connectivity index (χ1n) is 8.03. The van der Waals surface area contributed by atoms with Crippen molar-refractivity contribution >= 4 is 28.9 Å². The normalized spacial score (nSPS) is 16.0. The molecule has 2 N–H and O–H groups in total. The number of rotatable bonds is 4. The van der Waals surface area contributed by atoms with Gasteiger partial charge >= 0.3 is 5.97 Å². The molecule has 0 saturated heterocycles. The zero-order chi connectivity index (χ0) is 18.3. The smallest absolute Gasteiger partial charge is 0.339 e. The van der Waals surface area contributed by atoms with E-state index in [4.69, 9.17) is 4.74 Å². The van der Waals surface area contributed by atoms with Gasteiger partial charge in [-0.3, -0.25) is 4.79 Å². The molecule has 1 amide bonds. The number of hydrogen-bond donors (Lipinski definition) is 2. The molecule has 0 spiro atoms. The molecule has 3 aromatic rings. The Bertz CT molecular complexity index is 974. The average molecular weight is 368 g/mol. The molecule has 6 nitrogen and oxygen atoms in total. The Hall–Kier alpha value is -3.06. The second kappa shape index (κ2) is 6.34. The first kappa shape index (κ1) is 16.4. The minimum Gasteiger partial charge on any atom is -0.497 e. The Labute approximate surface area is 153 Å². The van der Waals surface area contributed by atoms with Gasteiger partial charge in [0.05, 0.1) is 18.5 Å². The number of carboxylic acids is 1. The van der Waals surface area contributed by atoms with Gasteiger partial charge in [-0.25, -0.2) is 4.79 Å². The van der Waals surface area contributed by atoms with Crippen LogP contribution in [0.1, 0.15) is 34.0 Å². The standard InChI is InChI=1S/C19H16N2O4S/c1-25-13-4-2-12(3-5-13)21-9-15(19(23)24)17-18(21)14(8-16(22)20-17)11-6-7-26-10-11/h2-7,9-10,14H,8H2,1H3,(H,20,22)(H,23,24)/t14-/m1/s1. The molecule has 1 aromatic carbocycles. The molecule has 2 aromatic heterocycles. The molecule has 0 unspecified atom stereocenters. The maximum Gasteiger partial charge on any atom is 0.339 e. The summed E-state index contributed by atoms with van der Waals surface area (Å²) in [5, 5.41) is 16.3. The summed E-state index contributed by atoms with van der Waals surface area (Å²) in [7, 11) is 1.59. The van der Waals surface area contributed by atoms with Gasteiger partial charge in [-0.1, -0.05) is 0 Å². The average Bonchev–Trinajstić information content (AvgIpc) is 3.29. The van der Waals surface area contributed by atoms with Crippen molar-refractivity contribution in [3.63, 3.8) is 0 Å². The van der Waals surface area contributed by atoms with E-state index in [0.717, 1.165) is 22.7 Å². The molecule has 1 aliphatic heterocycles. The SMILES string of the molecule is COc1ccc(-n2cc(C(=O)O)c3c2[C@@H](c2ccsc2)CC(=O)N3)cc1. The summed E-state index contributed by atoms with van der Waals surface area (Å²) < 4.78 is 7.04. The number of methoxy groups -OCH3 is 1. The second-order valence-electron chi connectivity index (χ2n) is 6.04. The Morgan fingerprint density at radius 1 is 1.31 bits per heavy atom. The van der Waals surface area contributed by atoms with E-state index in [-0.39, 0.29) is 23.8 Å². The van der Waals surface area contributed by atoms with Gasteiger partial charge in [0, 0.05) is 24.2 Å². The lowest BCUT2D eigenvalue weighted by Gasteiger charge is -2.25. The summed E-state index contributed by atoms with van der Waals surface area (Å²) in [5.41, 5.74) is 3.07. The van der Waals surface area contributed by atoms with Crippen molar-refractivity contribution in [2.45, 2.75) is 12.3 Å². The number of hydrogen-bond acceptors (Lipinski definition) is 4. The number of nitrogens with one attached hydrogen (secondary N) is 1. The monoisotopic (exact) mass is 368 g/mol. The van der Waals surface area contributed by atoms with E-state index in [9.17, 15) is 14.7 Å². The summed E-state index contributed by atoms with van der Waals surface area (Å²) in [6.45, 7) is 0. The van der Waals surface area contributed by atoms with Crippen LogP contribution in [0.5, 0.6) is 5.75 Å². The maximum absolute atomic E-state index is 12.2. The molecule has 3 heterocycles. The lowest BCUT2D eigenvalue weighted by atomic mass is 9.90. The molecular formula is C19H16N2O4S. The minimum atomic E-state index is -1.07. The molecule has 1 atom stereocenters. The van der Waals surface area contributed by atoms with Gasteiger partial charge in [0.25, 0.3) is 0 Å². The van der Waals surface area contributed by atoms with Crippen LogP contribution >= 0.6 is 11.3 Å². The number of nitrogens with zero attached hydrogens (tertiary/aromatic N) is 1. The fourth-order valence-corrected chi connectivity index (χ4v) is 4.05. The number of aromatic nitrogens is 1. The van der Waals surface area contributed by atoms with Crippen LogP contribution in [0.25, 0.3) is 5.69 Å². The number of carboxylic acid groups (broad SMARTS) is 1. The van der Waals surface area contributed by atoms with Crippen molar-refractivity contribution < 1.29 is 19.4 Å².